The van der Waals surface area contributed by atoms with Crippen LogP contribution in [0, 0.1) is 0 Å². The van der Waals surface area contributed by atoms with Crippen LogP contribution in [-0.2, 0) is 19.6 Å². The molecule has 0 spiro atoms. The summed E-state index contributed by atoms with van der Waals surface area (Å²) in [5.74, 6) is 1.48. The molecule has 0 saturated carbocycles. The zero-order valence-corrected chi connectivity index (χ0v) is 15.5. The van der Waals surface area contributed by atoms with Crippen molar-refractivity contribution < 1.29 is 9.94 Å². The second-order valence-electron chi connectivity index (χ2n) is 6.00. The van der Waals surface area contributed by atoms with Crippen molar-refractivity contribution in [2.45, 2.75) is 19.6 Å². The van der Waals surface area contributed by atoms with Gasteiger partial charge in [-0.2, -0.15) is 15.0 Å². The highest BCUT2D eigenvalue weighted by molar-refractivity contribution is 5.42. The van der Waals surface area contributed by atoms with Gasteiger partial charge in [0.15, 0.2) is 0 Å². The van der Waals surface area contributed by atoms with Crippen LogP contribution in [0.4, 0.5) is 17.8 Å². The first kappa shape index (κ1) is 19.3. The van der Waals surface area contributed by atoms with Crippen molar-refractivity contribution in [3.63, 3.8) is 0 Å². The van der Waals surface area contributed by atoms with Gasteiger partial charge in [0.2, 0.25) is 11.9 Å². The number of anilines is 3. The van der Waals surface area contributed by atoms with Gasteiger partial charge in [-0.3, -0.25) is 5.21 Å². The van der Waals surface area contributed by atoms with E-state index in [1.165, 1.54) is 0 Å². The van der Waals surface area contributed by atoms with Gasteiger partial charge in [-0.05, 0) is 28.8 Å². The monoisotopic (exact) mass is 381 g/mol. The molecule has 0 atom stereocenters. The second-order valence-corrected chi connectivity index (χ2v) is 6.00. The zero-order chi connectivity index (χ0) is 19.8. The van der Waals surface area contributed by atoms with Crippen LogP contribution in [0.3, 0.4) is 0 Å². The molecule has 9 nitrogen and oxygen atoms in total. The maximum atomic E-state index is 9.20. The molecule has 2 aromatic carbocycles. The van der Waals surface area contributed by atoms with Crippen molar-refractivity contribution in [2.24, 2.45) is 5.73 Å². The van der Waals surface area contributed by atoms with Crippen LogP contribution < -0.4 is 26.6 Å². The van der Waals surface area contributed by atoms with Gasteiger partial charge in [0.25, 0.3) is 5.95 Å². The van der Waals surface area contributed by atoms with Gasteiger partial charge in [-0.1, -0.05) is 36.4 Å². The Bertz CT molecular complexity index is 903. The van der Waals surface area contributed by atoms with Crippen LogP contribution in [-0.4, -0.2) is 27.3 Å². The molecule has 0 fully saturated rings. The minimum absolute atomic E-state index is 0.0455. The largest absolute Gasteiger partial charge is 0.497 e. The highest BCUT2D eigenvalue weighted by atomic mass is 16.5. The maximum Gasteiger partial charge on any atom is 0.253 e. The van der Waals surface area contributed by atoms with Gasteiger partial charge in [0.05, 0.1) is 7.11 Å². The third kappa shape index (κ3) is 5.29. The standard InChI is InChI=1S/C19H23N7O2/c1-28-16-4-2-3-15(9-16)12-22-18-23-17(24-19(25-18)26-27)21-11-14-7-5-13(10-20)6-8-14/h2-9,27H,10-12,20H2,1H3,(H3,21,22,23,24,25,26). The summed E-state index contributed by atoms with van der Waals surface area (Å²) in [6, 6.07) is 15.6. The van der Waals surface area contributed by atoms with Crippen molar-refractivity contribution in [1.82, 2.24) is 15.0 Å². The molecule has 0 aliphatic heterocycles. The second kappa shape index (κ2) is 9.49. The van der Waals surface area contributed by atoms with Crippen LogP contribution >= 0.6 is 0 Å². The highest BCUT2D eigenvalue weighted by Gasteiger charge is 2.07. The molecule has 0 bridgehead atoms. The first-order valence-corrected chi connectivity index (χ1v) is 8.75. The lowest BCUT2D eigenvalue weighted by Gasteiger charge is -2.10. The van der Waals surface area contributed by atoms with E-state index in [1.807, 2.05) is 54.0 Å². The quantitative estimate of drug-likeness (QED) is 0.355. The SMILES string of the molecule is COc1cccc(CNc2nc(NO)nc(NCc3ccc(CN)cc3)n2)c1. The maximum absolute atomic E-state index is 9.20. The van der Waals surface area contributed by atoms with E-state index in [0.717, 1.165) is 22.4 Å². The van der Waals surface area contributed by atoms with Gasteiger partial charge in [-0.15, -0.1) is 0 Å². The fourth-order valence-corrected chi connectivity index (χ4v) is 2.52. The molecule has 0 aliphatic rings. The number of hydrogen-bond acceptors (Lipinski definition) is 9. The summed E-state index contributed by atoms with van der Waals surface area (Å²) in [4.78, 5) is 12.6. The summed E-state index contributed by atoms with van der Waals surface area (Å²) in [5.41, 5.74) is 10.7. The number of nitrogens with one attached hydrogen (secondary N) is 3. The Morgan fingerprint density at radius 3 is 2.07 bits per heavy atom. The molecule has 28 heavy (non-hydrogen) atoms. The number of nitrogens with zero attached hydrogens (tertiary/aromatic N) is 3. The Kier molecular flexibility index (Phi) is 6.55. The van der Waals surface area contributed by atoms with E-state index in [2.05, 4.69) is 25.6 Å². The van der Waals surface area contributed by atoms with Gasteiger partial charge in [0.1, 0.15) is 5.75 Å². The average molecular weight is 381 g/mol. The molecule has 1 aromatic heterocycles. The van der Waals surface area contributed by atoms with Crippen molar-refractivity contribution in [3.05, 3.63) is 65.2 Å². The predicted molar refractivity (Wildman–Crippen MR) is 107 cm³/mol. The molecular formula is C19H23N7O2. The summed E-state index contributed by atoms with van der Waals surface area (Å²) in [7, 11) is 1.62. The fourth-order valence-electron chi connectivity index (χ4n) is 2.52. The number of methoxy groups -OCH3 is 1. The summed E-state index contributed by atoms with van der Waals surface area (Å²) >= 11 is 0. The molecule has 3 rings (SSSR count). The minimum atomic E-state index is 0.0455. The molecular weight excluding hydrogens is 358 g/mol. The predicted octanol–water partition coefficient (Wildman–Crippen LogP) is 2.36. The molecule has 1 heterocycles. The first-order valence-electron chi connectivity index (χ1n) is 8.75. The van der Waals surface area contributed by atoms with Gasteiger partial charge in [-0.25, -0.2) is 5.48 Å². The van der Waals surface area contributed by atoms with Crippen molar-refractivity contribution >= 4 is 17.8 Å². The number of nitrogens with two attached hydrogens (primary N) is 1. The Hall–Kier alpha value is -3.43. The van der Waals surface area contributed by atoms with E-state index >= 15 is 0 Å². The summed E-state index contributed by atoms with van der Waals surface area (Å²) < 4.78 is 5.22. The third-order valence-electron chi connectivity index (χ3n) is 4.03. The molecule has 6 N–H and O–H groups in total. The van der Waals surface area contributed by atoms with Gasteiger partial charge >= 0.3 is 0 Å². The topological polar surface area (TPSA) is 130 Å². The van der Waals surface area contributed by atoms with E-state index < -0.39 is 0 Å². The fraction of sp³-hybridized carbons (Fsp3) is 0.211. The van der Waals surface area contributed by atoms with Crippen molar-refractivity contribution in [1.29, 1.82) is 0 Å². The Morgan fingerprint density at radius 1 is 0.857 bits per heavy atom. The summed E-state index contributed by atoms with van der Waals surface area (Å²) in [6.45, 7) is 1.52. The van der Waals surface area contributed by atoms with E-state index in [4.69, 9.17) is 10.5 Å². The van der Waals surface area contributed by atoms with Crippen LogP contribution in [0.15, 0.2) is 48.5 Å². The van der Waals surface area contributed by atoms with Crippen LogP contribution in [0.5, 0.6) is 5.75 Å². The third-order valence-corrected chi connectivity index (χ3v) is 4.03. The van der Waals surface area contributed by atoms with E-state index in [-0.39, 0.29) is 5.95 Å². The number of ether oxygens (including phenoxy) is 1. The molecule has 0 saturated heterocycles. The molecule has 9 heteroatoms. The Labute approximate surface area is 163 Å². The lowest BCUT2D eigenvalue weighted by Crippen LogP contribution is -2.11. The summed E-state index contributed by atoms with van der Waals surface area (Å²) in [6.07, 6.45) is 0. The number of rotatable bonds is 9. The molecule has 0 radical (unpaired) electrons. The van der Waals surface area contributed by atoms with Crippen molar-refractivity contribution in [3.8, 4) is 5.75 Å². The normalized spacial score (nSPS) is 10.4. The van der Waals surface area contributed by atoms with E-state index in [0.29, 0.717) is 31.5 Å². The number of aromatic nitrogens is 3. The van der Waals surface area contributed by atoms with Gasteiger partial charge in [0, 0.05) is 19.6 Å². The minimum Gasteiger partial charge on any atom is -0.497 e. The smallest absolute Gasteiger partial charge is 0.253 e. The Morgan fingerprint density at radius 2 is 1.46 bits per heavy atom. The lowest BCUT2D eigenvalue weighted by molar-refractivity contribution is 0.382. The lowest BCUT2D eigenvalue weighted by atomic mass is 10.1. The van der Waals surface area contributed by atoms with Crippen molar-refractivity contribution in [2.75, 3.05) is 23.2 Å². The zero-order valence-electron chi connectivity index (χ0n) is 15.5. The molecule has 0 amide bonds. The molecule has 0 aliphatic carbocycles. The van der Waals surface area contributed by atoms with E-state index in [9.17, 15) is 5.21 Å². The highest BCUT2D eigenvalue weighted by Crippen LogP contribution is 2.15. The molecule has 0 unspecified atom stereocenters. The van der Waals surface area contributed by atoms with Crippen LogP contribution in [0.2, 0.25) is 0 Å². The van der Waals surface area contributed by atoms with Crippen LogP contribution in [0.1, 0.15) is 16.7 Å². The summed E-state index contributed by atoms with van der Waals surface area (Å²) in [5, 5.41) is 15.4. The number of benzene rings is 2. The van der Waals surface area contributed by atoms with E-state index in [1.54, 1.807) is 7.11 Å². The van der Waals surface area contributed by atoms with Gasteiger partial charge < -0.3 is 21.1 Å². The van der Waals surface area contributed by atoms with Crippen LogP contribution in [0.25, 0.3) is 0 Å². The number of hydrogen-bond donors (Lipinski definition) is 5. The Balaban J connectivity index is 1.66. The molecule has 146 valence electrons. The molecule has 3 aromatic rings. The average Bonchev–Trinajstić information content (AvgIpc) is 2.76. The first-order chi connectivity index (χ1) is 13.7.